The van der Waals surface area contributed by atoms with Gasteiger partial charge in [-0.05, 0) is 144 Å². The number of hydrogen-bond acceptors (Lipinski definition) is 2. The average Bonchev–Trinajstić information content (AvgIpc) is 3.52. The molecule has 46 heavy (non-hydrogen) atoms. The highest BCUT2D eigenvalue weighted by Gasteiger charge is 2.44. The molecule has 7 atom stereocenters. The minimum Gasteiger partial charge on any atom is -0.316 e. The van der Waals surface area contributed by atoms with Gasteiger partial charge in [-0.1, -0.05) is 96.1 Å². The van der Waals surface area contributed by atoms with Crippen molar-refractivity contribution in [2.75, 3.05) is 13.6 Å². The molecular weight excluding hydrogens is 558 g/mol. The molecule has 7 unspecified atom stereocenters. The summed E-state index contributed by atoms with van der Waals surface area (Å²) in [5, 5.41) is 3.29. The summed E-state index contributed by atoms with van der Waals surface area (Å²) in [5.41, 5.74) is 14.4. The molecule has 2 saturated carbocycles. The van der Waals surface area contributed by atoms with Gasteiger partial charge in [0, 0.05) is 18.4 Å². The summed E-state index contributed by atoms with van der Waals surface area (Å²) in [6.07, 6.45) is 36.0. The van der Waals surface area contributed by atoms with Crippen molar-refractivity contribution in [1.82, 2.24) is 5.32 Å². The van der Waals surface area contributed by atoms with Crippen molar-refractivity contribution in [3.8, 4) is 0 Å². The fourth-order valence-corrected chi connectivity index (χ4v) is 9.52. The highest BCUT2D eigenvalue weighted by Crippen LogP contribution is 2.52. The first-order valence-electron chi connectivity index (χ1n) is 18.2. The Labute approximate surface area is 279 Å². The van der Waals surface area contributed by atoms with E-state index in [-0.39, 0.29) is 11.8 Å². The second-order valence-corrected chi connectivity index (χ2v) is 14.7. The van der Waals surface area contributed by atoms with E-state index in [1.54, 1.807) is 5.57 Å². The lowest BCUT2D eigenvalue weighted by molar-refractivity contribution is -0.121. The third kappa shape index (κ3) is 6.76. The fraction of sp³-hybridized carbons (Fsp3) is 0.500. The molecule has 6 aliphatic carbocycles. The number of nitrogens with one attached hydrogen (secondary N) is 1. The number of carbonyl (C=O) groups is 1. The summed E-state index contributed by atoms with van der Waals surface area (Å²) in [7, 11) is 2.00. The molecule has 2 nitrogen and oxygen atoms in total. The van der Waals surface area contributed by atoms with Crippen LogP contribution in [0.2, 0.25) is 0 Å². The zero-order valence-corrected chi connectivity index (χ0v) is 28.8. The summed E-state index contributed by atoms with van der Waals surface area (Å²) >= 11 is 0. The molecule has 0 heterocycles. The maximum absolute atomic E-state index is 14.4. The normalized spacial score (nSPS) is 32.9. The highest BCUT2D eigenvalue weighted by atomic mass is 16.1. The van der Waals surface area contributed by atoms with E-state index in [0.717, 1.165) is 57.1 Å². The van der Waals surface area contributed by atoms with Gasteiger partial charge in [0.2, 0.25) is 0 Å². The maximum atomic E-state index is 14.4. The molecule has 0 spiro atoms. The van der Waals surface area contributed by atoms with Gasteiger partial charge in [-0.3, -0.25) is 4.79 Å². The molecule has 0 radical (unpaired) electrons. The standard InChI is InChI=1S/C44H55NO/c1-6-31(28-45-5)17-16-29(3)41-25-32-18-19-33(7-2)43-38(22-23-40(44(41)46)42(43)26-32)30(4)24-36-14-11-15-37-27-35-13-10-8-9-12-34(35)20-21-39(36)37/h6,8,10-15,18-19,22,34-35,37,39-40,42-43,45H,4,7,16-17,20-21,23-28H2,1-3,5H3/b31-6?,41-29+. The fourth-order valence-electron chi connectivity index (χ4n) is 9.52. The molecule has 0 aromatic carbocycles. The highest BCUT2D eigenvalue weighted by molar-refractivity contribution is 5.99. The molecule has 6 rings (SSSR count). The van der Waals surface area contributed by atoms with Gasteiger partial charge in [-0.25, -0.2) is 0 Å². The van der Waals surface area contributed by atoms with Crippen molar-refractivity contribution in [3.05, 3.63) is 124 Å². The Hall–Kier alpha value is -3.19. The number of ketones is 1. The monoisotopic (exact) mass is 613 g/mol. The van der Waals surface area contributed by atoms with Gasteiger partial charge in [-0.2, -0.15) is 0 Å². The van der Waals surface area contributed by atoms with E-state index in [2.05, 4.69) is 98.7 Å². The van der Waals surface area contributed by atoms with E-state index in [4.69, 9.17) is 6.58 Å². The zero-order valence-electron chi connectivity index (χ0n) is 28.8. The van der Waals surface area contributed by atoms with Crippen LogP contribution in [0.4, 0.5) is 0 Å². The smallest absolute Gasteiger partial charge is 0.162 e. The molecule has 0 aliphatic heterocycles. The predicted octanol–water partition coefficient (Wildman–Crippen LogP) is 10.4. The van der Waals surface area contributed by atoms with Gasteiger partial charge in [0.05, 0.1) is 0 Å². The van der Waals surface area contributed by atoms with Gasteiger partial charge < -0.3 is 5.32 Å². The van der Waals surface area contributed by atoms with Crippen molar-refractivity contribution in [2.24, 2.45) is 41.4 Å². The Morgan fingerprint density at radius 3 is 2.70 bits per heavy atom. The molecule has 6 aliphatic rings. The maximum Gasteiger partial charge on any atom is 0.162 e. The van der Waals surface area contributed by atoms with Crippen molar-refractivity contribution in [2.45, 2.75) is 85.0 Å². The lowest BCUT2D eigenvalue weighted by Crippen LogP contribution is -2.34. The molecule has 2 fully saturated rings. The van der Waals surface area contributed by atoms with Crippen LogP contribution >= 0.6 is 0 Å². The lowest BCUT2D eigenvalue weighted by Gasteiger charge is -2.39. The van der Waals surface area contributed by atoms with E-state index in [9.17, 15) is 4.79 Å². The number of likely N-dealkylation sites (N-methyl/N-ethyl adjacent to an activating group) is 1. The van der Waals surface area contributed by atoms with Gasteiger partial charge in [-0.15, -0.1) is 5.73 Å². The second kappa shape index (κ2) is 14.7. The van der Waals surface area contributed by atoms with E-state index in [1.807, 2.05) is 7.05 Å². The minimum atomic E-state index is 0.0644. The Balaban J connectivity index is 1.24. The minimum absolute atomic E-state index is 0.0644. The van der Waals surface area contributed by atoms with Crippen LogP contribution in [0.3, 0.4) is 0 Å². The molecule has 0 aromatic rings. The molecular formula is C44H55NO. The Bertz CT molecular complexity index is 1540. The predicted molar refractivity (Wildman–Crippen MR) is 194 cm³/mol. The molecule has 2 bridgehead atoms. The van der Waals surface area contributed by atoms with Gasteiger partial charge in [0.15, 0.2) is 5.78 Å². The molecule has 0 saturated heterocycles. The summed E-state index contributed by atoms with van der Waals surface area (Å²) in [4.78, 5) is 14.4. The van der Waals surface area contributed by atoms with Crippen molar-refractivity contribution in [1.29, 1.82) is 0 Å². The first-order valence-corrected chi connectivity index (χ1v) is 18.2. The molecule has 242 valence electrons. The van der Waals surface area contributed by atoms with E-state index >= 15 is 0 Å². The van der Waals surface area contributed by atoms with E-state index in [1.165, 1.54) is 52.7 Å². The summed E-state index contributed by atoms with van der Waals surface area (Å²) in [6, 6.07) is 0. The number of carbonyl (C=O) groups excluding carboxylic acids is 1. The first kappa shape index (κ1) is 32.7. The molecule has 1 N–H and O–H groups in total. The van der Waals surface area contributed by atoms with Gasteiger partial charge in [0.25, 0.3) is 0 Å². The largest absolute Gasteiger partial charge is 0.316 e. The van der Waals surface area contributed by atoms with Crippen LogP contribution in [0.25, 0.3) is 0 Å². The molecule has 0 amide bonds. The third-order valence-electron chi connectivity index (χ3n) is 12.2. The van der Waals surface area contributed by atoms with Crippen molar-refractivity contribution < 1.29 is 4.79 Å². The van der Waals surface area contributed by atoms with Crippen LogP contribution in [0, 0.1) is 41.4 Å². The van der Waals surface area contributed by atoms with Crippen LogP contribution in [-0.2, 0) is 4.79 Å². The first-order chi connectivity index (χ1) is 22.4. The van der Waals surface area contributed by atoms with Crippen molar-refractivity contribution >= 4 is 5.78 Å². The van der Waals surface area contributed by atoms with E-state index < -0.39 is 0 Å². The lowest BCUT2D eigenvalue weighted by atomic mass is 9.64. The van der Waals surface area contributed by atoms with Crippen LogP contribution in [-0.4, -0.2) is 19.4 Å². The van der Waals surface area contributed by atoms with E-state index in [0.29, 0.717) is 35.4 Å². The number of Topliss-reactive ketones (excluding diaryl/α,β-unsaturated/α-hetero) is 1. The molecule has 0 aromatic heterocycles. The number of fused-ring (bicyclic) bond motifs is 3. The Morgan fingerprint density at radius 1 is 1.04 bits per heavy atom. The van der Waals surface area contributed by atoms with Crippen LogP contribution in [0.5, 0.6) is 0 Å². The summed E-state index contributed by atoms with van der Waals surface area (Å²) in [6.45, 7) is 12.4. The number of rotatable bonds is 9. The van der Waals surface area contributed by atoms with Gasteiger partial charge >= 0.3 is 0 Å². The number of hydrogen-bond donors (Lipinski definition) is 1. The Morgan fingerprint density at radius 2 is 1.89 bits per heavy atom. The second-order valence-electron chi connectivity index (χ2n) is 14.7. The van der Waals surface area contributed by atoms with Crippen LogP contribution in [0.1, 0.15) is 85.0 Å². The molecule has 2 heteroatoms. The third-order valence-corrected chi connectivity index (χ3v) is 12.2. The van der Waals surface area contributed by atoms with Gasteiger partial charge in [0.1, 0.15) is 0 Å². The van der Waals surface area contributed by atoms with Crippen LogP contribution in [0.15, 0.2) is 124 Å². The SMILES string of the molecule is C=C(CC1=CC=CC2CC3C=CC=C=CC3CCC12)C1=CCC2C(=O)/C(=C(\C)CCC(=CC)CNC)CC3=CC=C(CC)C1C2C3. The Kier molecular flexibility index (Phi) is 10.5. The average molecular weight is 614 g/mol. The summed E-state index contributed by atoms with van der Waals surface area (Å²) in [5.74, 6) is 3.48. The summed E-state index contributed by atoms with van der Waals surface area (Å²) < 4.78 is 0. The van der Waals surface area contributed by atoms with Crippen LogP contribution < -0.4 is 5.32 Å². The number of allylic oxidation sites excluding steroid dienone is 17. The zero-order chi connectivity index (χ0) is 32.2. The quantitative estimate of drug-likeness (QED) is 0.159. The van der Waals surface area contributed by atoms with Crippen molar-refractivity contribution in [3.63, 3.8) is 0 Å². The topological polar surface area (TPSA) is 29.1 Å².